The number of benzene rings is 2. The third kappa shape index (κ3) is 7.55. The second-order valence-corrected chi connectivity index (χ2v) is 8.90. The van der Waals surface area contributed by atoms with Crippen LogP contribution in [0.15, 0.2) is 68.0 Å². The standard InChI is InChI=1S/C24H20N4O5.2C2H7NO/c1-13-21(23(30)28(27-13)16-9-8-14-4-2-5-15(14)12-16)26-25-18-7-3-6-17(22(18)29)19-10-11-20(33-19)24(31)32;2*3-1-2-4/h3,6-12,27,29H,2,4-5H2,1H3,(H,31,32);2*4H,1-3H2. The molecule has 218 valence electrons. The zero-order valence-corrected chi connectivity index (χ0v) is 22.6. The molecule has 0 fully saturated rings. The van der Waals surface area contributed by atoms with Gasteiger partial charge < -0.3 is 36.3 Å². The Morgan fingerprint density at radius 2 is 1.71 bits per heavy atom. The van der Waals surface area contributed by atoms with E-state index in [0.29, 0.717) is 18.8 Å². The number of hydrogen-bond donors (Lipinski definition) is 7. The number of rotatable bonds is 7. The number of aliphatic hydroxyl groups is 2. The molecule has 0 spiro atoms. The number of aromatic nitrogens is 2. The Morgan fingerprint density at radius 1 is 1.02 bits per heavy atom. The van der Waals surface area contributed by atoms with Crippen molar-refractivity contribution in [2.75, 3.05) is 26.3 Å². The van der Waals surface area contributed by atoms with Gasteiger partial charge in [0.1, 0.15) is 11.4 Å². The third-order valence-electron chi connectivity index (χ3n) is 5.99. The Balaban J connectivity index is 0.000000515. The average Bonchev–Trinajstić information content (AvgIpc) is 3.72. The highest BCUT2D eigenvalue weighted by Gasteiger charge is 2.18. The van der Waals surface area contributed by atoms with Crippen LogP contribution in [0.25, 0.3) is 17.0 Å². The van der Waals surface area contributed by atoms with E-state index in [1.54, 1.807) is 19.1 Å². The van der Waals surface area contributed by atoms with Crippen molar-refractivity contribution in [2.45, 2.75) is 26.2 Å². The van der Waals surface area contributed by atoms with E-state index in [1.807, 2.05) is 12.1 Å². The van der Waals surface area contributed by atoms with Crippen molar-refractivity contribution in [3.63, 3.8) is 0 Å². The number of aromatic hydroxyl groups is 1. The van der Waals surface area contributed by atoms with Crippen molar-refractivity contribution in [1.82, 2.24) is 9.78 Å². The minimum absolute atomic E-state index is 0.0972. The lowest BCUT2D eigenvalue weighted by Gasteiger charge is -2.05. The number of aliphatic hydroxyl groups excluding tert-OH is 2. The van der Waals surface area contributed by atoms with E-state index >= 15 is 0 Å². The van der Waals surface area contributed by atoms with Crippen LogP contribution in [0.4, 0.5) is 11.4 Å². The summed E-state index contributed by atoms with van der Waals surface area (Å²) in [6, 6.07) is 13.5. The second kappa shape index (κ2) is 14.7. The van der Waals surface area contributed by atoms with Gasteiger partial charge in [-0.25, -0.2) is 9.48 Å². The first-order valence-corrected chi connectivity index (χ1v) is 12.9. The van der Waals surface area contributed by atoms with E-state index in [0.717, 1.165) is 24.9 Å². The molecule has 0 atom stereocenters. The summed E-state index contributed by atoms with van der Waals surface area (Å²) in [5, 5.41) is 46.4. The number of nitrogens with zero attached hydrogens (tertiary/aromatic N) is 3. The summed E-state index contributed by atoms with van der Waals surface area (Å²) in [5.74, 6) is -1.51. The Hall–Kier alpha value is -4.56. The van der Waals surface area contributed by atoms with Gasteiger partial charge in [0, 0.05) is 13.1 Å². The van der Waals surface area contributed by atoms with Crippen LogP contribution in [0.3, 0.4) is 0 Å². The summed E-state index contributed by atoms with van der Waals surface area (Å²) in [7, 11) is 0. The number of H-pyrrole nitrogens is 1. The van der Waals surface area contributed by atoms with Crippen LogP contribution in [-0.4, -0.2) is 62.5 Å². The van der Waals surface area contributed by atoms with Crippen molar-refractivity contribution >= 4 is 17.3 Å². The number of carbonyl (C=O) groups is 1. The maximum absolute atomic E-state index is 13.0. The first-order chi connectivity index (χ1) is 19.7. The van der Waals surface area contributed by atoms with Gasteiger partial charge in [0.05, 0.1) is 30.2 Å². The van der Waals surface area contributed by atoms with E-state index in [2.05, 4.69) is 21.4 Å². The summed E-state index contributed by atoms with van der Waals surface area (Å²) in [6.45, 7) is 2.67. The van der Waals surface area contributed by atoms with E-state index in [4.69, 9.17) is 31.2 Å². The van der Waals surface area contributed by atoms with E-state index < -0.39 is 5.97 Å². The SMILES string of the molecule is Cc1[nH]n(-c2ccc3c(c2)CCC3)c(=O)c1N=Nc1cccc(-c2ccc(C(=O)O)o2)c1O.NCCO.NCCO. The molecule has 0 saturated heterocycles. The Morgan fingerprint density at radius 3 is 2.34 bits per heavy atom. The van der Waals surface area contributed by atoms with E-state index in [9.17, 15) is 14.7 Å². The number of carboxylic acids is 1. The van der Waals surface area contributed by atoms with Gasteiger partial charge in [-0.15, -0.1) is 10.2 Å². The number of aromatic amines is 1. The number of phenolic OH excluding ortho intramolecular Hbond substituents is 1. The van der Waals surface area contributed by atoms with Crippen molar-refractivity contribution < 1.29 is 29.6 Å². The normalized spacial score (nSPS) is 11.9. The monoisotopic (exact) mass is 566 g/mol. The Labute approximate surface area is 235 Å². The minimum atomic E-state index is -1.21. The molecule has 13 heteroatoms. The number of azo groups is 1. The van der Waals surface area contributed by atoms with Crippen LogP contribution >= 0.6 is 0 Å². The highest BCUT2D eigenvalue weighted by atomic mass is 16.4. The third-order valence-corrected chi connectivity index (χ3v) is 5.99. The molecule has 1 aliphatic rings. The van der Waals surface area contributed by atoms with Crippen molar-refractivity contribution in [1.29, 1.82) is 0 Å². The van der Waals surface area contributed by atoms with Crippen LogP contribution in [0.5, 0.6) is 5.75 Å². The second-order valence-electron chi connectivity index (χ2n) is 8.90. The molecule has 0 bridgehead atoms. The quantitative estimate of drug-likeness (QED) is 0.163. The molecule has 5 rings (SSSR count). The van der Waals surface area contributed by atoms with Crippen molar-refractivity contribution in [3.8, 4) is 22.8 Å². The average molecular weight is 567 g/mol. The van der Waals surface area contributed by atoms with Gasteiger partial charge in [-0.05, 0) is 73.7 Å². The van der Waals surface area contributed by atoms with Crippen LogP contribution in [-0.2, 0) is 12.8 Å². The number of nitrogens with one attached hydrogen (secondary N) is 1. The van der Waals surface area contributed by atoms with Crippen molar-refractivity contribution in [2.24, 2.45) is 21.7 Å². The molecule has 2 heterocycles. The molecule has 0 amide bonds. The minimum Gasteiger partial charge on any atom is -0.505 e. The fourth-order valence-electron chi connectivity index (χ4n) is 4.05. The maximum Gasteiger partial charge on any atom is 0.371 e. The number of aryl methyl sites for hydroxylation is 3. The van der Waals surface area contributed by atoms with Gasteiger partial charge in [0.25, 0.3) is 5.56 Å². The number of fused-ring (bicyclic) bond motifs is 1. The molecular formula is C28H34N6O7. The fourth-order valence-corrected chi connectivity index (χ4v) is 4.05. The number of carboxylic acid groups (broad SMARTS) is 1. The molecular weight excluding hydrogens is 532 g/mol. The molecule has 9 N–H and O–H groups in total. The number of furan rings is 1. The van der Waals surface area contributed by atoms with Gasteiger partial charge in [-0.1, -0.05) is 12.1 Å². The lowest BCUT2D eigenvalue weighted by molar-refractivity contribution is 0.0663. The van der Waals surface area contributed by atoms with Crippen LogP contribution in [0, 0.1) is 6.92 Å². The molecule has 0 unspecified atom stereocenters. The summed E-state index contributed by atoms with van der Waals surface area (Å²) >= 11 is 0. The molecule has 2 aromatic carbocycles. The molecule has 2 aromatic heterocycles. The molecule has 1 aliphatic carbocycles. The van der Waals surface area contributed by atoms with Gasteiger partial charge in [0.15, 0.2) is 11.4 Å². The Kier molecular flexibility index (Phi) is 11.1. The number of nitrogens with two attached hydrogens (primary N) is 2. The maximum atomic E-state index is 13.0. The summed E-state index contributed by atoms with van der Waals surface area (Å²) in [6.07, 6.45) is 3.18. The van der Waals surface area contributed by atoms with E-state index in [1.165, 1.54) is 34.0 Å². The molecule has 41 heavy (non-hydrogen) atoms. The number of aromatic carboxylic acids is 1. The molecule has 13 nitrogen and oxygen atoms in total. The predicted octanol–water partition coefficient (Wildman–Crippen LogP) is 2.92. The Bertz CT molecular complexity index is 1550. The zero-order chi connectivity index (χ0) is 29.9. The van der Waals surface area contributed by atoms with Crippen LogP contribution in [0.1, 0.15) is 33.8 Å². The fraction of sp³-hybridized carbons (Fsp3) is 0.286. The summed E-state index contributed by atoms with van der Waals surface area (Å²) in [4.78, 5) is 24.1. The topological polar surface area (TPSA) is 226 Å². The van der Waals surface area contributed by atoms with E-state index in [-0.39, 0.29) is 53.0 Å². The first-order valence-electron chi connectivity index (χ1n) is 12.9. The number of hydrogen-bond acceptors (Lipinski definition) is 10. The summed E-state index contributed by atoms with van der Waals surface area (Å²) in [5.41, 5.74) is 13.6. The van der Waals surface area contributed by atoms with Crippen LogP contribution < -0.4 is 17.0 Å². The summed E-state index contributed by atoms with van der Waals surface area (Å²) < 4.78 is 6.70. The molecule has 0 radical (unpaired) electrons. The molecule has 0 saturated carbocycles. The van der Waals surface area contributed by atoms with Gasteiger partial charge in [-0.2, -0.15) is 0 Å². The number of phenols is 1. The lowest BCUT2D eigenvalue weighted by atomic mass is 10.1. The molecule has 0 aliphatic heterocycles. The lowest BCUT2D eigenvalue weighted by Crippen LogP contribution is -2.14. The predicted molar refractivity (Wildman–Crippen MR) is 152 cm³/mol. The highest BCUT2D eigenvalue weighted by molar-refractivity contribution is 5.85. The molecule has 4 aromatic rings. The smallest absolute Gasteiger partial charge is 0.371 e. The largest absolute Gasteiger partial charge is 0.505 e. The van der Waals surface area contributed by atoms with Crippen LogP contribution in [0.2, 0.25) is 0 Å². The van der Waals surface area contributed by atoms with Crippen molar-refractivity contribution in [3.05, 3.63) is 81.5 Å². The number of para-hydroxylation sites is 1. The van der Waals surface area contributed by atoms with Gasteiger partial charge >= 0.3 is 5.97 Å². The highest BCUT2D eigenvalue weighted by Crippen LogP contribution is 2.38. The van der Waals surface area contributed by atoms with Gasteiger partial charge in [-0.3, -0.25) is 9.89 Å². The zero-order valence-electron chi connectivity index (χ0n) is 22.6. The first kappa shape index (κ1) is 31.0. The van der Waals surface area contributed by atoms with Gasteiger partial charge in [0.2, 0.25) is 5.76 Å².